The first-order valence-corrected chi connectivity index (χ1v) is 9.44. The Balaban J connectivity index is 1.95. The minimum absolute atomic E-state index is 0.120. The molecule has 0 aromatic rings. The third kappa shape index (κ3) is 7.30. The lowest BCUT2D eigenvalue weighted by Crippen LogP contribution is -2.42. The molecule has 1 atom stereocenters. The van der Waals surface area contributed by atoms with Gasteiger partial charge in [0.15, 0.2) is 0 Å². The lowest BCUT2D eigenvalue weighted by molar-refractivity contribution is 0.121. The summed E-state index contributed by atoms with van der Waals surface area (Å²) in [5.74, 6) is 0. The molecular formula is C11H24O6Si2. The summed E-state index contributed by atoms with van der Waals surface area (Å²) in [4.78, 5) is 0. The van der Waals surface area contributed by atoms with Crippen LogP contribution in [0, 0.1) is 0 Å². The average Bonchev–Trinajstić information content (AvgIpc) is 3.26. The monoisotopic (exact) mass is 308 g/mol. The molecule has 0 amide bonds. The molecule has 0 spiro atoms. The molecular weight excluding hydrogens is 284 g/mol. The fourth-order valence-corrected chi connectivity index (χ4v) is 3.88. The standard InChI is InChI=1S/C11H24O6Si2/c1-12-19(13-2,14-3)8-4-5-17-18-7-6-15-9-11-10-16-11/h7,11,18H,4-6,8-10H2,1-3H3. The molecule has 1 heterocycles. The molecule has 1 saturated heterocycles. The van der Waals surface area contributed by atoms with Crippen LogP contribution >= 0.6 is 0 Å². The summed E-state index contributed by atoms with van der Waals surface area (Å²) >= 11 is 0. The van der Waals surface area contributed by atoms with Crippen LogP contribution in [0.5, 0.6) is 0 Å². The van der Waals surface area contributed by atoms with Gasteiger partial charge in [0.1, 0.15) is 6.10 Å². The van der Waals surface area contributed by atoms with Crippen LogP contribution in [0.2, 0.25) is 6.04 Å². The Morgan fingerprint density at radius 1 is 1.26 bits per heavy atom. The van der Waals surface area contributed by atoms with Crippen molar-refractivity contribution in [3.63, 3.8) is 0 Å². The fourth-order valence-electron chi connectivity index (χ4n) is 1.54. The SMILES string of the molecule is CO[Si](CCCO[SiH]=CCOCC1CO1)(OC)OC. The molecule has 1 aliphatic heterocycles. The zero-order valence-corrected chi connectivity index (χ0v) is 14.1. The summed E-state index contributed by atoms with van der Waals surface area (Å²) in [7, 11) is 2.33. The maximum Gasteiger partial charge on any atom is 0.500 e. The maximum absolute atomic E-state index is 5.56. The van der Waals surface area contributed by atoms with Gasteiger partial charge in [0.05, 0.1) is 26.4 Å². The lowest BCUT2D eigenvalue weighted by atomic mass is 10.5. The van der Waals surface area contributed by atoms with Gasteiger partial charge in [0.25, 0.3) is 0 Å². The van der Waals surface area contributed by atoms with Crippen molar-refractivity contribution in [1.82, 2.24) is 0 Å². The molecule has 1 fully saturated rings. The predicted octanol–water partition coefficient (Wildman–Crippen LogP) is -0.160. The Bertz CT molecular complexity index is 247. The van der Waals surface area contributed by atoms with Crippen molar-refractivity contribution in [1.29, 1.82) is 0 Å². The number of hydrogen-bond acceptors (Lipinski definition) is 6. The van der Waals surface area contributed by atoms with Gasteiger partial charge in [-0.25, -0.2) is 0 Å². The van der Waals surface area contributed by atoms with Gasteiger partial charge in [-0.3, -0.25) is 0 Å². The Hall–Kier alpha value is -0.0962. The zero-order valence-electron chi connectivity index (χ0n) is 11.9. The lowest BCUT2D eigenvalue weighted by Gasteiger charge is -2.24. The Morgan fingerprint density at radius 2 is 1.95 bits per heavy atom. The molecule has 0 radical (unpaired) electrons. The predicted molar refractivity (Wildman–Crippen MR) is 75.9 cm³/mol. The quantitative estimate of drug-likeness (QED) is 0.284. The summed E-state index contributed by atoms with van der Waals surface area (Å²) < 4.78 is 32.0. The topological polar surface area (TPSA) is 58.7 Å². The van der Waals surface area contributed by atoms with Crippen LogP contribution in [0.15, 0.2) is 0 Å². The molecule has 8 heteroatoms. The fraction of sp³-hybridized carbons (Fsp3) is 0.909. The number of ether oxygens (including phenoxy) is 2. The van der Waals surface area contributed by atoms with Crippen molar-refractivity contribution in [2.24, 2.45) is 0 Å². The van der Waals surface area contributed by atoms with E-state index in [2.05, 4.69) is 5.67 Å². The Morgan fingerprint density at radius 3 is 2.53 bits per heavy atom. The molecule has 0 saturated carbocycles. The first-order valence-electron chi connectivity index (χ1n) is 6.37. The second kappa shape index (κ2) is 9.75. The number of hydrogen-bond donors (Lipinski definition) is 0. The van der Waals surface area contributed by atoms with Crippen LogP contribution in [-0.2, 0) is 27.2 Å². The van der Waals surface area contributed by atoms with E-state index in [9.17, 15) is 0 Å². The Labute approximate surface area is 118 Å². The van der Waals surface area contributed by atoms with E-state index in [-0.39, 0.29) is 9.38 Å². The van der Waals surface area contributed by atoms with Crippen molar-refractivity contribution < 1.29 is 27.2 Å². The van der Waals surface area contributed by atoms with Gasteiger partial charge in [0, 0.05) is 27.4 Å². The summed E-state index contributed by atoms with van der Waals surface area (Å²) in [5, 5.41) is 0. The van der Waals surface area contributed by atoms with E-state index in [1.165, 1.54) is 0 Å². The third-order valence-corrected chi connectivity index (χ3v) is 6.44. The molecule has 19 heavy (non-hydrogen) atoms. The summed E-state index contributed by atoms with van der Waals surface area (Å²) in [6.07, 6.45) is 1.21. The molecule has 112 valence electrons. The molecule has 0 aliphatic carbocycles. The van der Waals surface area contributed by atoms with Crippen LogP contribution in [0.1, 0.15) is 6.42 Å². The van der Waals surface area contributed by atoms with Gasteiger partial charge in [-0.1, -0.05) is 0 Å². The van der Waals surface area contributed by atoms with Gasteiger partial charge in [-0.2, -0.15) is 0 Å². The van der Waals surface area contributed by atoms with E-state index >= 15 is 0 Å². The van der Waals surface area contributed by atoms with Gasteiger partial charge >= 0.3 is 8.80 Å². The molecule has 0 N–H and O–H groups in total. The first kappa shape index (κ1) is 17.0. The first-order chi connectivity index (χ1) is 9.26. The van der Waals surface area contributed by atoms with E-state index in [1.54, 1.807) is 21.3 Å². The van der Waals surface area contributed by atoms with Crippen LogP contribution in [0.3, 0.4) is 0 Å². The van der Waals surface area contributed by atoms with Crippen LogP contribution in [0.25, 0.3) is 0 Å². The van der Waals surface area contributed by atoms with Crippen LogP contribution in [0.4, 0.5) is 0 Å². The molecule has 0 aromatic carbocycles. The van der Waals surface area contributed by atoms with Crippen molar-refractivity contribution in [3.8, 4) is 0 Å². The summed E-state index contributed by atoms with van der Waals surface area (Å²) in [6, 6.07) is 0.769. The number of epoxide rings is 1. The van der Waals surface area contributed by atoms with E-state index in [4.69, 9.17) is 27.2 Å². The van der Waals surface area contributed by atoms with Crippen molar-refractivity contribution in [2.45, 2.75) is 18.6 Å². The molecule has 1 rings (SSSR count). The van der Waals surface area contributed by atoms with E-state index in [0.29, 0.717) is 25.9 Å². The van der Waals surface area contributed by atoms with Gasteiger partial charge in [0.2, 0.25) is 9.38 Å². The average molecular weight is 308 g/mol. The van der Waals surface area contributed by atoms with Crippen molar-refractivity contribution in [3.05, 3.63) is 0 Å². The minimum Gasteiger partial charge on any atom is -0.553 e. The highest BCUT2D eigenvalue weighted by atomic mass is 28.4. The highest BCUT2D eigenvalue weighted by Gasteiger charge is 2.36. The molecule has 1 unspecified atom stereocenters. The normalized spacial score (nSPS) is 19.0. The van der Waals surface area contributed by atoms with Gasteiger partial charge in [-0.15, -0.1) is 0 Å². The van der Waals surface area contributed by atoms with Gasteiger partial charge in [-0.05, 0) is 12.1 Å². The second-order valence-electron chi connectivity index (χ2n) is 4.13. The number of rotatable bonds is 12. The highest BCUT2D eigenvalue weighted by molar-refractivity contribution is 6.60. The minimum atomic E-state index is -2.42. The molecule has 1 aliphatic rings. The van der Waals surface area contributed by atoms with E-state index in [1.807, 2.05) is 0 Å². The molecule has 6 nitrogen and oxygen atoms in total. The maximum atomic E-state index is 5.56. The van der Waals surface area contributed by atoms with E-state index in [0.717, 1.165) is 19.1 Å². The summed E-state index contributed by atoms with van der Waals surface area (Å²) in [6.45, 7) is 2.87. The van der Waals surface area contributed by atoms with Crippen molar-refractivity contribution in [2.75, 3.05) is 47.8 Å². The molecule has 0 bridgehead atoms. The Kier molecular flexibility index (Phi) is 8.70. The van der Waals surface area contributed by atoms with Gasteiger partial charge < -0.3 is 27.2 Å². The second-order valence-corrected chi connectivity index (χ2v) is 8.30. The molecule has 0 aromatic heterocycles. The zero-order chi connectivity index (χ0) is 14.0. The highest BCUT2D eigenvalue weighted by Crippen LogP contribution is 2.14. The van der Waals surface area contributed by atoms with Crippen LogP contribution < -0.4 is 0 Å². The smallest absolute Gasteiger partial charge is 0.500 e. The van der Waals surface area contributed by atoms with Crippen LogP contribution in [-0.4, -0.2) is 77.7 Å². The summed E-state index contributed by atoms with van der Waals surface area (Å²) in [5.41, 5.74) is 2.05. The third-order valence-electron chi connectivity index (χ3n) is 2.79. The largest absolute Gasteiger partial charge is 0.553 e. The van der Waals surface area contributed by atoms with E-state index < -0.39 is 8.80 Å². The van der Waals surface area contributed by atoms with Crippen molar-refractivity contribution >= 4 is 23.9 Å².